The van der Waals surface area contributed by atoms with Crippen LogP contribution in [0.25, 0.3) is 0 Å². The Morgan fingerprint density at radius 3 is 2.65 bits per heavy atom. The number of hydrogen-bond donors (Lipinski definition) is 3. The van der Waals surface area contributed by atoms with Crippen molar-refractivity contribution < 1.29 is 13.2 Å². The summed E-state index contributed by atoms with van der Waals surface area (Å²) in [4.78, 5) is 14.7. The monoisotopic (exact) mass is 258 g/mol. The second-order valence-electron chi connectivity index (χ2n) is 3.25. The third-order valence-electron chi connectivity index (χ3n) is 2.04. The van der Waals surface area contributed by atoms with Gasteiger partial charge >= 0.3 is 0 Å². The van der Waals surface area contributed by atoms with Gasteiger partial charge in [-0.05, 0) is 19.2 Å². The standard InChI is InChI=1S/C9H14N4O3S/c1-11-17(15,16)5-4-12-8-3-2-7(6-13-8)9(10)14/h2-3,6,11H,4-5H2,1H3,(H2,10,14)(H,12,13). The van der Waals surface area contributed by atoms with E-state index in [2.05, 4.69) is 15.0 Å². The van der Waals surface area contributed by atoms with Crippen molar-refractivity contribution in [3.05, 3.63) is 23.9 Å². The van der Waals surface area contributed by atoms with E-state index in [1.165, 1.54) is 19.3 Å². The molecule has 7 nitrogen and oxygen atoms in total. The zero-order chi connectivity index (χ0) is 12.9. The fraction of sp³-hybridized carbons (Fsp3) is 0.333. The minimum Gasteiger partial charge on any atom is -0.369 e. The van der Waals surface area contributed by atoms with Gasteiger partial charge in [-0.2, -0.15) is 0 Å². The van der Waals surface area contributed by atoms with E-state index in [0.717, 1.165) is 0 Å². The molecule has 1 aromatic heterocycles. The lowest BCUT2D eigenvalue weighted by Gasteiger charge is -2.05. The van der Waals surface area contributed by atoms with E-state index in [9.17, 15) is 13.2 Å². The molecule has 0 saturated carbocycles. The van der Waals surface area contributed by atoms with Gasteiger partial charge in [0.2, 0.25) is 15.9 Å². The molecule has 8 heteroatoms. The molecule has 1 heterocycles. The molecule has 17 heavy (non-hydrogen) atoms. The molecule has 0 aliphatic rings. The minimum atomic E-state index is -3.23. The normalized spacial score (nSPS) is 11.1. The van der Waals surface area contributed by atoms with Crippen molar-refractivity contribution in [1.29, 1.82) is 0 Å². The largest absolute Gasteiger partial charge is 0.369 e. The molecule has 0 aliphatic carbocycles. The number of amides is 1. The van der Waals surface area contributed by atoms with Gasteiger partial charge in [0, 0.05) is 12.7 Å². The van der Waals surface area contributed by atoms with E-state index in [0.29, 0.717) is 11.4 Å². The number of pyridine rings is 1. The second-order valence-corrected chi connectivity index (χ2v) is 5.29. The van der Waals surface area contributed by atoms with Crippen molar-refractivity contribution in [2.75, 3.05) is 24.7 Å². The van der Waals surface area contributed by atoms with Gasteiger partial charge in [-0.15, -0.1) is 0 Å². The van der Waals surface area contributed by atoms with Crippen molar-refractivity contribution in [2.45, 2.75) is 0 Å². The molecule has 0 aliphatic heterocycles. The topological polar surface area (TPSA) is 114 Å². The Morgan fingerprint density at radius 2 is 2.18 bits per heavy atom. The van der Waals surface area contributed by atoms with Gasteiger partial charge in [-0.25, -0.2) is 18.1 Å². The first kappa shape index (κ1) is 13.4. The number of sulfonamides is 1. The number of anilines is 1. The van der Waals surface area contributed by atoms with Crippen LogP contribution in [0.4, 0.5) is 5.82 Å². The number of aromatic nitrogens is 1. The predicted molar refractivity (Wildman–Crippen MR) is 64.1 cm³/mol. The summed E-state index contributed by atoms with van der Waals surface area (Å²) >= 11 is 0. The first-order chi connectivity index (χ1) is 7.94. The summed E-state index contributed by atoms with van der Waals surface area (Å²) in [5, 5.41) is 2.82. The zero-order valence-corrected chi connectivity index (χ0v) is 10.1. The van der Waals surface area contributed by atoms with E-state index >= 15 is 0 Å². The molecular formula is C9H14N4O3S. The first-order valence-corrected chi connectivity index (χ1v) is 6.51. The van der Waals surface area contributed by atoms with E-state index in [4.69, 9.17) is 5.73 Å². The molecule has 1 aromatic rings. The quantitative estimate of drug-likeness (QED) is 0.614. The van der Waals surface area contributed by atoms with Crippen molar-refractivity contribution in [3.63, 3.8) is 0 Å². The average molecular weight is 258 g/mol. The Morgan fingerprint density at radius 1 is 1.47 bits per heavy atom. The SMILES string of the molecule is CNS(=O)(=O)CCNc1ccc(C(N)=O)cn1. The smallest absolute Gasteiger partial charge is 0.250 e. The predicted octanol–water partition coefficient (Wildman–Crippen LogP) is -0.858. The van der Waals surface area contributed by atoms with Gasteiger partial charge in [0.25, 0.3) is 0 Å². The van der Waals surface area contributed by atoms with Crippen LogP contribution in [0.15, 0.2) is 18.3 Å². The molecule has 0 fully saturated rings. The molecule has 0 unspecified atom stereocenters. The minimum absolute atomic E-state index is 0.0528. The number of nitrogens with two attached hydrogens (primary N) is 1. The summed E-state index contributed by atoms with van der Waals surface area (Å²) in [6, 6.07) is 3.08. The van der Waals surface area contributed by atoms with Crippen molar-refractivity contribution in [3.8, 4) is 0 Å². The summed E-state index contributed by atoms with van der Waals surface area (Å²) in [6.45, 7) is 0.228. The molecule has 0 atom stereocenters. The van der Waals surface area contributed by atoms with Gasteiger partial charge in [-0.1, -0.05) is 0 Å². The van der Waals surface area contributed by atoms with E-state index in [1.54, 1.807) is 6.07 Å². The maximum absolute atomic E-state index is 11.1. The molecule has 0 aromatic carbocycles. The number of hydrogen-bond acceptors (Lipinski definition) is 5. The fourth-order valence-electron chi connectivity index (χ4n) is 1.06. The van der Waals surface area contributed by atoms with Crippen molar-refractivity contribution in [2.24, 2.45) is 5.73 Å². The van der Waals surface area contributed by atoms with E-state index in [1.807, 2.05) is 0 Å². The fourth-order valence-corrected chi connectivity index (χ4v) is 1.63. The maximum Gasteiger partial charge on any atom is 0.250 e. The molecular weight excluding hydrogens is 244 g/mol. The molecule has 1 amide bonds. The van der Waals surface area contributed by atoms with E-state index < -0.39 is 15.9 Å². The molecule has 0 saturated heterocycles. The number of rotatable bonds is 6. The van der Waals surface area contributed by atoms with Gasteiger partial charge in [0.05, 0.1) is 11.3 Å². The number of nitrogens with one attached hydrogen (secondary N) is 2. The number of carbonyl (C=O) groups is 1. The third kappa shape index (κ3) is 4.37. The first-order valence-electron chi connectivity index (χ1n) is 4.85. The summed E-state index contributed by atoms with van der Waals surface area (Å²) < 4.78 is 24.4. The van der Waals surface area contributed by atoms with Crippen LogP contribution in [0.3, 0.4) is 0 Å². The Labute approximate surface area is 99.5 Å². The molecule has 0 bridgehead atoms. The van der Waals surface area contributed by atoms with Crippen molar-refractivity contribution >= 4 is 21.7 Å². The summed E-state index contributed by atoms with van der Waals surface area (Å²) in [6.07, 6.45) is 1.33. The lowest BCUT2D eigenvalue weighted by Crippen LogP contribution is -2.26. The van der Waals surface area contributed by atoms with Crippen LogP contribution < -0.4 is 15.8 Å². The second kappa shape index (κ2) is 5.60. The average Bonchev–Trinajstić information content (AvgIpc) is 2.29. The van der Waals surface area contributed by atoms with Gasteiger partial charge in [0.15, 0.2) is 0 Å². The van der Waals surface area contributed by atoms with Gasteiger partial charge in [0.1, 0.15) is 5.82 Å². The van der Waals surface area contributed by atoms with Crippen LogP contribution in [0.2, 0.25) is 0 Å². The summed E-state index contributed by atoms with van der Waals surface area (Å²) in [5.41, 5.74) is 5.36. The highest BCUT2D eigenvalue weighted by Crippen LogP contribution is 2.03. The zero-order valence-electron chi connectivity index (χ0n) is 9.30. The van der Waals surface area contributed by atoms with Gasteiger partial charge in [-0.3, -0.25) is 4.79 Å². The highest BCUT2D eigenvalue weighted by molar-refractivity contribution is 7.89. The van der Waals surface area contributed by atoms with Gasteiger partial charge < -0.3 is 11.1 Å². The Bertz CT molecular complexity index is 483. The van der Waals surface area contributed by atoms with Crippen molar-refractivity contribution in [1.82, 2.24) is 9.71 Å². The third-order valence-corrected chi connectivity index (χ3v) is 3.40. The lowest BCUT2D eigenvalue weighted by molar-refractivity contribution is 0.1000. The van der Waals surface area contributed by atoms with Crippen LogP contribution in [-0.4, -0.2) is 38.7 Å². The maximum atomic E-state index is 11.1. The van der Waals surface area contributed by atoms with Crippen LogP contribution in [0.1, 0.15) is 10.4 Å². The highest BCUT2D eigenvalue weighted by Gasteiger charge is 2.06. The Balaban J connectivity index is 2.51. The van der Waals surface area contributed by atoms with Crippen LogP contribution in [0, 0.1) is 0 Å². The van der Waals surface area contributed by atoms with Crippen LogP contribution in [0.5, 0.6) is 0 Å². The lowest BCUT2D eigenvalue weighted by atomic mass is 10.3. The molecule has 94 valence electrons. The van der Waals surface area contributed by atoms with Crippen LogP contribution in [-0.2, 0) is 10.0 Å². The number of nitrogens with zero attached hydrogens (tertiary/aromatic N) is 1. The summed E-state index contributed by atoms with van der Waals surface area (Å²) in [7, 11) is -1.87. The van der Waals surface area contributed by atoms with E-state index in [-0.39, 0.29) is 12.3 Å². The summed E-state index contributed by atoms with van der Waals surface area (Å²) in [5.74, 6) is -0.119. The van der Waals surface area contributed by atoms with Crippen LogP contribution >= 0.6 is 0 Å². The number of carbonyl (C=O) groups excluding carboxylic acids is 1. The number of primary amides is 1. The Hall–Kier alpha value is -1.67. The molecule has 0 spiro atoms. The highest BCUT2D eigenvalue weighted by atomic mass is 32.2. The molecule has 0 radical (unpaired) electrons. The molecule has 4 N–H and O–H groups in total. The molecule has 1 rings (SSSR count). The Kier molecular flexibility index (Phi) is 4.41.